The lowest BCUT2D eigenvalue weighted by molar-refractivity contribution is -0.155. The van der Waals surface area contributed by atoms with Crippen molar-refractivity contribution >= 4 is 27.6 Å². The van der Waals surface area contributed by atoms with E-state index < -0.39 is 33.4 Å². The Hall–Kier alpha value is -3.38. The van der Waals surface area contributed by atoms with Gasteiger partial charge in [0.2, 0.25) is 0 Å². The maximum atomic E-state index is 13.5. The van der Waals surface area contributed by atoms with Crippen LogP contribution in [-0.4, -0.2) is 75.8 Å². The number of sulfonamides is 1. The van der Waals surface area contributed by atoms with Crippen molar-refractivity contribution in [1.82, 2.24) is 10.2 Å². The molecule has 41 heavy (non-hydrogen) atoms. The van der Waals surface area contributed by atoms with Crippen LogP contribution >= 0.6 is 0 Å². The highest BCUT2D eigenvalue weighted by Crippen LogP contribution is 2.24. The highest BCUT2D eigenvalue weighted by atomic mass is 32.2. The number of carbonyl (C=O) groups excluding carboxylic acids is 2. The van der Waals surface area contributed by atoms with E-state index in [1.165, 1.54) is 0 Å². The molecule has 11 heteroatoms. The van der Waals surface area contributed by atoms with Crippen LogP contribution in [0.4, 0.5) is 0 Å². The lowest BCUT2D eigenvalue weighted by Gasteiger charge is -2.34. The van der Waals surface area contributed by atoms with Gasteiger partial charge in [-0.2, -0.15) is 8.42 Å². The van der Waals surface area contributed by atoms with E-state index in [1.54, 1.807) is 50.3 Å². The zero-order valence-corrected chi connectivity index (χ0v) is 24.7. The highest BCUT2D eigenvalue weighted by Gasteiger charge is 2.48. The van der Waals surface area contributed by atoms with Crippen molar-refractivity contribution < 1.29 is 22.7 Å². The Morgan fingerprint density at radius 2 is 1.85 bits per heavy atom. The Bertz CT molecular complexity index is 1490. The Morgan fingerprint density at radius 1 is 1.12 bits per heavy atom. The van der Waals surface area contributed by atoms with Crippen molar-refractivity contribution in [2.24, 2.45) is 15.9 Å². The number of aryl methyl sites for hydroxylation is 1. The molecule has 2 heterocycles. The maximum absolute atomic E-state index is 13.5. The van der Waals surface area contributed by atoms with E-state index in [0.717, 1.165) is 42.6 Å². The van der Waals surface area contributed by atoms with Crippen LogP contribution in [0.25, 0.3) is 0 Å². The summed E-state index contributed by atoms with van der Waals surface area (Å²) in [6.45, 7) is 5.74. The van der Waals surface area contributed by atoms with Crippen LogP contribution in [0.5, 0.6) is 0 Å². The average Bonchev–Trinajstić information content (AvgIpc) is 3.14. The first-order chi connectivity index (χ1) is 19.5. The minimum absolute atomic E-state index is 0.100. The van der Waals surface area contributed by atoms with Crippen LogP contribution in [0.15, 0.2) is 57.8 Å². The van der Waals surface area contributed by atoms with Gasteiger partial charge in [-0.05, 0) is 80.6 Å². The van der Waals surface area contributed by atoms with Crippen molar-refractivity contribution in [3.63, 3.8) is 0 Å². The zero-order valence-electron chi connectivity index (χ0n) is 23.9. The summed E-state index contributed by atoms with van der Waals surface area (Å²) in [4.78, 5) is 28.6. The number of benzene rings is 2. The third kappa shape index (κ3) is 6.75. The molecule has 2 aromatic rings. The van der Waals surface area contributed by atoms with E-state index in [-0.39, 0.29) is 30.2 Å². The van der Waals surface area contributed by atoms with Crippen molar-refractivity contribution in [3.05, 3.63) is 76.4 Å². The van der Waals surface area contributed by atoms with Crippen molar-refractivity contribution in [1.29, 1.82) is 0 Å². The van der Waals surface area contributed by atoms with Gasteiger partial charge in [0, 0.05) is 31.6 Å². The van der Waals surface area contributed by atoms with E-state index in [0.29, 0.717) is 17.7 Å². The summed E-state index contributed by atoms with van der Waals surface area (Å²) < 4.78 is 35.6. The van der Waals surface area contributed by atoms with Gasteiger partial charge in [-0.25, -0.2) is 4.79 Å². The van der Waals surface area contributed by atoms with Gasteiger partial charge in [0.1, 0.15) is 5.84 Å². The van der Waals surface area contributed by atoms with E-state index in [2.05, 4.69) is 21.7 Å². The number of Topliss-reactive ketones (excluding diaryl/α,β-unsaturated/α-hetero) is 1. The summed E-state index contributed by atoms with van der Waals surface area (Å²) >= 11 is 0. The number of ether oxygens (including phenoxy) is 1. The summed E-state index contributed by atoms with van der Waals surface area (Å²) in [5.74, 6) is -1.28. The lowest BCUT2D eigenvalue weighted by atomic mass is 9.82. The zero-order chi connectivity index (χ0) is 29.8. The number of nitrogens with two attached hydrogens (primary N) is 2. The van der Waals surface area contributed by atoms with Crippen LogP contribution < -0.4 is 16.8 Å². The summed E-state index contributed by atoms with van der Waals surface area (Å²) in [7, 11) is -2.01. The molecule has 0 amide bonds. The molecule has 0 saturated heterocycles. The SMILES string of the molecule is CCOC(=O)[C@]1(C(=O)C(N)Cc2ccc(C)c(C(N)=NS(=O)(=O)c3ccc4c(c3)CCN(C)CC4)c2)CC=CCN1. The fourth-order valence-electron chi connectivity index (χ4n) is 5.29. The second-order valence-electron chi connectivity index (χ2n) is 10.7. The molecule has 0 aliphatic carbocycles. The van der Waals surface area contributed by atoms with Crippen LogP contribution in [0.1, 0.15) is 41.2 Å². The normalized spacial score (nSPS) is 20.6. The number of ketones is 1. The monoisotopic (exact) mass is 581 g/mol. The first-order valence-electron chi connectivity index (χ1n) is 13.8. The summed E-state index contributed by atoms with van der Waals surface area (Å²) in [6, 6.07) is 9.38. The second-order valence-corrected chi connectivity index (χ2v) is 12.3. The van der Waals surface area contributed by atoms with Gasteiger partial charge in [0.05, 0.1) is 17.5 Å². The van der Waals surface area contributed by atoms with Crippen LogP contribution in [0, 0.1) is 6.92 Å². The molecule has 1 unspecified atom stereocenters. The Morgan fingerprint density at radius 3 is 2.54 bits per heavy atom. The van der Waals surface area contributed by atoms with Gasteiger partial charge >= 0.3 is 5.97 Å². The van der Waals surface area contributed by atoms with Crippen molar-refractivity contribution in [3.8, 4) is 0 Å². The van der Waals surface area contributed by atoms with E-state index >= 15 is 0 Å². The molecule has 0 saturated carbocycles. The molecule has 0 bridgehead atoms. The van der Waals surface area contributed by atoms with Crippen LogP contribution in [0.3, 0.4) is 0 Å². The van der Waals surface area contributed by atoms with E-state index in [9.17, 15) is 18.0 Å². The predicted octanol–water partition coefficient (Wildman–Crippen LogP) is 1.41. The number of rotatable bonds is 9. The fourth-order valence-corrected chi connectivity index (χ4v) is 6.28. The molecule has 2 aliphatic heterocycles. The molecule has 2 atom stereocenters. The van der Waals surface area contributed by atoms with E-state index in [1.807, 2.05) is 12.1 Å². The van der Waals surface area contributed by atoms with Gasteiger partial charge in [-0.1, -0.05) is 30.4 Å². The molecule has 220 valence electrons. The standard InChI is InChI=1S/C30H39N5O5S/c1-4-40-29(37)30(13-5-6-14-33-30)27(36)26(31)18-21-8-7-20(2)25(17-21)28(32)34-41(38,39)24-10-9-22-11-15-35(3)16-12-23(22)19-24/h5-10,17,19,26,33H,4,11-16,18,31H2,1-3H3,(H2,32,34)/t26?,30-/m1/s1. The van der Waals surface area contributed by atoms with Gasteiger partial charge in [0.25, 0.3) is 10.0 Å². The topological polar surface area (TPSA) is 157 Å². The average molecular weight is 582 g/mol. The molecule has 2 aliphatic rings. The number of hydrogen-bond acceptors (Lipinski definition) is 8. The van der Waals surface area contributed by atoms with Crippen molar-refractivity contribution in [2.45, 2.75) is 56.0 Å². The molecule has 5 N–H and O–H groups in total. The number of hydrogen-bond donors (Lipinski definition) is 3. The molecular weight excluding hydrogens is 542 g/mol. The summed E-state index contributed by atoms with van der Waals surface area (Å²) in [5.41, 5.74) is 15.0. The quantitative estimate of drug-likeness (QED) is 0.131. The molecule has 2 aromatic carbocycles. The molecule has 0 fully saturated rings. The lowest BCUT2D eigenvalue weighted by Crippen LogP contribution is -2.64. The first-order valence-corrected chi connectivity index (χ1v) is 15.3. The highest BCUT2D eigenvalue weighted by molar-refractivity contribution is 7.90. The molecule has 4 rings (SSSR count). The van der Waals surface area contributed by atoms with Gasteiger partial charge in [-0.3, -0.25) is 10.1 Å². The minimum Gasteiger partial charge on any atom is -0.464 e. The van der Waals surface area contributed by atoms with Gasteiger partial charge < -0.3 is 21.1 Å². The number of carbonyl (C=O) groups is 2. The Kier molecular flexibility index (Phi) is 9.43. The Labute approximate surface area is 241 Å². The second kappa shape index (κ2) is 12.6. The fraction of sp³-hybridized carbons (Fsp3) is 0.433. The van der Waals surface area contributed by atoms with Crippen LogP contribution in [0.2, 0.25) is 0 Å². The third-order valence-electron chi connectivity index (χ3n) is 7.75. The first kappa shape index (κ1) is 30.6. The number of likely N-dealkylation sites (N-methyl/N-ethyl adjacent to an activating group) is 1. The molecule has 10 nitrogen and oxygen atoms in total. The third-order valence-corrected chi connectivity index (χ3v) is 9.03. The summed E-state index contributed by atoms with van der Waals surface area (Å²) in [6.07, 6.45) is 5.48. The molecule has 0 spiro atoms. The maximum Gasteiger partial charge on any atom is 0.334 e. The number of nitrogens with zero attached hydrogens (tertiary/aromatic N) is 2. The number of nitrogens with one attached hydrogen (secondary N) is 1. The van der Waals surface area contributed by atoms with Gasteiger partial charge in [0.15, 0.2) is 11.3 Å². The molecular formula is C30H39N5O5S. The number of esters is 1. The predicted molar refractivity (Wildman–Crippen MR) is 158 cm³/mol. The largest absolute Gasteiger partial charge is 0.464 e. The van der Waals surface area contributed by atoms with Crippen LogP contribution in [-0.2, 0) is 43.6 Å². The minimum atomic E-state index is -4.07. The van der Waals surface area contributed by atoms with Crippen molar-refractivity contribution in [2.75, 3.05) is 33.3 Å². The number of fused-ring (bicyclic) bond motifs is 1. The number of amidine groups is 1. The summed E-state index contributed by atoms with van der Waals surface area (Å²) in [5, 5.41) is 2.99. The molecule has 0 radical (unpaired) electrons. The van der Waals surface area contributed by atoms with E-state index in [4.69, 9.17) is 16.2 Å². The van der Waals surface area contributed by atoms with Gasteiger partial charge in [-0.15, -0.1) is 4.40 Å². The Balaban J connectivity index is 1.57. The molecule has 0 aromatic heterocycles. The smallest absolute Gasteiger partial charge is 0.334 e.